The van der Waals surface area contributed by atoms with E-state index in [1.165, 1.54) is 13.0 Å². The van der Waals surface area contributed by atoms with Gasteiger partial charge >= 0.3 is 0 Å². The van der Waals surface area contributed by atoms with Crippen LogP contribution in [0.5, 0.6) is 0 Å². The lowest BCUT2D eigenvalue weighted by Crippen LogP contribution is -2.57. The van der Waals surface area contributed by atoms with Gasteiger partial charge in [0.1, 0.15) is 0 Å². The number of piperidine rings is 2. The monoisotopic (exact) mass is 337 g/mol. The van der Waals surface area contributed by atoms with Crippen LogP contribution in [0.15, 0.2) is 0 Å². The molecule has 0 spiro atoms. The number of nitrogens with one attached hydrogen (secondary N) is 1. The highest BCUT2D eigenvalue weighted by Gasteiger charge is 2.36. The molecule has 3 aliphatic heterocycles. The van der Waals surface area contributed by atoms with Crippen LogP contribution in [0.3, 0.4) is 0 Å². The molecule has 138 valence electrons. The fraction of sp³-hybridized carbons (Fsp3) is 0.944. The molecule has 24 heavy (non-hydrogen) atoms. The van der Waals surface area contributed by atoms with Crippen molar-refractivity contribution < 1.29 is 4.79 Å². The standard InChI is InChI=1S/C18H35N5O/c1-3-22-7-6-15(16(19)13-22)14-4-5-17(20-12-14)18(24)23-10-8-21(2)9-11-23/h14-17,20H,3-13,19H2,1-2H3. The van der Waals surface area contributed by atoms with Crippen LogP contribution in [-0.4, -0.2) is 92.1 Å². The molecule has 3 rings (SSSR count). The third-order valence-corrected chi connectivity index (χ3v) is 6.42. The molecule has 6 nitrogen and oxygen atoms in total. The molecule has 3 saturated heterocycles. The highest BCUT2D eigenvalue weighted by Crippen LogP contribution is 2.30. The molecule has 3 fully saturated rings. The molecule has 6 heteroatoms. The Hall–Kier alpha value is -0.690. The van der Waals surface area contributed by atoms with E-state index in [1.54, 1.807) is 0 Å². The number of nitrogens with two attached hydrogens (primary N) is 1. The minimum Gasteiger partial charge on any atom is -0.339 e. The van der Waals surface area contributed by atoms with E-state index in [1.807, 2.05) is 4.90 Å². The number of amides is 1. The largest absolute Gasteiger partial charge is 0.339 e. The van der Waals surface area contributed by atoms with Crippen LogP contribution in [0.1, 0.15) is 26.2 Å². The van der Waals surface area contributed by atoms with E-state index < -0.39 is 0 Å². The van der Waals surface area contributed by atoms with Gasteiger partial charge in [0.2, 0.25) is 5.91 Å². The summed E-state index contributed by atoms with van der Waals surface area (Å²) in [6.07, 6.45) is 3.32. The summed E-state index contributed by atoms with van der Waals surface area (Å²) in [7, 11) is 2.12. The smallest absolute Gasteiger partial charge is 0.239 e. The predicted molar refractivity (Wildman–Crippen MR) is 96.8 cm³/mol. The Morgan fingerprint density at radius 2 is 1.88 bits per heavy atom. The molecule has 0 aromatic heterocycles. The second kappa shape index (κ2) is 8.13. The van der Waals surface area contributed by atoms with Gasteiger partial charge in [0.15, 0.2) is 0 Å². The maximum Gasteiger partial charge on any atom is 0.239 e. The van der Waals surface area contributed by atoms with E-state index in [-0.39, 0.29) is 12.1 Å². The number of nitrogens with zero attached hydrogens (tertiary/aromatic N) is 3. The summed E-state index contributed by atoms with van der Waals surface area (Å²) < 4.78 is 0. The third kappa shape index (κ3) is 4.10. The van der Waals surface area contributed by atoms with Crippen LogP contribution in [0, 0.1) is 11.8 Å². The van der Waals surface area contributed by atoms with Gasteiger partial charge in [-0.05, 0) is 57.8 Å². The molecular formula is C18H35N5O. The van der Waals surface area contributed by atoms with Gasteiger partial charge < -0.3 is 25.8 Å². The molecule has 0 saturated carbocycles. The highest BCUT2D eigenvalue weighted by atomic mass is 16.2. The fourth-order valence-corrected chi connectivity index (χ4v) is 4.65. The first-order chi connectivity index (χ1) is 11.6. The summed E-state index contributed by atoms with van der Waals surface area (Å²) in [6, 6.07) is 0.312. The van der Waals surface area contributed by atoms with Crippen molar-refractivity contribution in [1.29, 1.82) is 0 Å². The zero-order valence-electron chi connectivity index (χ0n) is 15.4. The van der Waals surface area contributed by atoms with Crippen LogP contribution >= 0.6 is 0 Å². The maximum absolute atomic E-state index is 12.7. The van der Waals surface area contributed by atoms with Gasteiger partial charge in [-0.2, -0.15) is 0 Å². The summed E-state index contributed by atoms with van der Waals surface area (Å²) in [4.78, 5) is 19.5. The molecule has 0 aliphatic carbocycles. The number of piperazine rings is 1. The molecule has 4 atom stereocenters. The second-order valence-electron chi connectivity index (χ2n) is 7.94. The molecule has 0 bridgehead atoms. The average molecular weight is 338 g/mol. The summed E-state index contributed by atoms with van der Waals surface area (Å²) >= 11 is 0. The zero-order valence-corrected chi connectivity index (χ0v) is 15.4. The number of carbonyl (C=O) groups is 1. The average Bonchev–Trinajstić information content (AvgIpc) is 2.62. The number of hydrogen-bond donors (Lipinski definition) is 2. The Morgan fingerprint density at radius 3 is 2.46 bits per heavy atom. The van der Waals surface area contributed by atoms with Crippen LogP contribution < -0.4 is 11.1 Å². The Labute approximate surface area is 146 Å². The fourth-order valence-electron chi connectivity index (χ4n) is 4.65. The Morgan fingerprint density at radius 1 is 1.12 bits per heavy atom. The number of likely N-dealkylation sites (tertiary alicyclic amines) is 1. The second-order valence-corrected chi connectivity index (χ2v) is 7.94. The van der Waals surface area contributed by atoms with Gasteiger partial charge in [-0.1, -0.05) is 6.92 Å². The van der Waals surface area contributed by atoms with Gasteiger partial charge in [-0.15, -0.1) is 0 Å². The quantitative estimate of drug-likeness (QED) is 0.747. The van der Waals surface area contributed by atoms with Crippen molar-refractivity contribution in [2.75, 3.05) is 59.4 Å². The van der Waals surface area contributed by atoms with Gasteiger partial charge in [0, 0.05) is 38.8 Å². The Balaban J connectivity index is 1.46. The van der Waals surface area contributed by atoms with Gasteiger partial charge in [0.25, 0.3) is 0 Å². The molecule has 0 radical (unpaired) electrons. The molecule has 3 aliphatic rings. The van der Waals surface area contributed by atoms with Crippen LogP contribution in [0.2, 0.25) is 0 Å². The lowest BCUT2D eigenvalue weighted by Gasteiger charge is -2.43. The lowest BCUT2D eigenvalue weighted by molar-refractivity contribution is -0.136. The summed E-state index contributed by atoms with van der Waals surface area (Å²) in [5, 5.41) is 3.55. The first-order valence-corrected chi connectivity index (χ1v) is 9.77. The van der Waals surface area contributed by atoms with E-state index in [0.717, 1.165) is 58.7 Å². The van der Waals surface area contributed by atoms with Gasteiger partial charge in [-0.25, -0.2) is 0 Å². The predicted octanol–water partition coefficient (Wildman–Crippen LogP) is -0.202. The highest BCUT2D eigenvalue weighted by molar-refractivity contribution is 5.82. The molecule has 3 N–H and O–H groups in total. The van der Waals surface area contributed by atoms with Crippen LogP contribution in [0.25, 0.3) is 0 Å². The number of hydrogen-bond acceptors (Lipinski definition) is 5. The zero-order chi connectivity index (χ0) is 17.1. The number of carbonyl (C=O) groups excluding carboxylic acids is 1. The van der Waals surface area contributed by atoms with Crippen LogP contribution in [0.4, 0.5) is 0 Å². The van der Waals surface area contributed by atoms with E-state index in [2.05, 4.69) is 29.1 Å². The van der Waals surface area contributed by atoms with Crippen molar-refractivity contribution in [2.24, 2.45) is 17.6 Å². The van der Waals surface area contributed by atoms with E-state index >= 15 is 0 Å². The third-order valence-electron chi connectivity index (χ3n) is 6.42. The van der Waals surface area contributed by atoms with Gasteiger partial charge in [-0.3, -0.25) is 4.79 Å². The Kier molecular flexibility index (Phi) is 6.13. The molecule has 3 heterocycles. The Bertz CT molecular complexity index is 416. The van der Waals surface area contributed by atoms with Crippen molar-refractivity contribution >= 4 is 5.91 Å². The number of likely N-dealkylation sites (N-methyl/N-ethyl adjacent to an activating group) is 2. The summed E-state index contributed by atoms with van der Waals surface area (Å²) in [5.41, 5.74) is 6.45. The molecule has 0 aromatic rings. The maximum atomic E-state index is 12.7. The van der Waals surface area contributed by atoms with Crippen molar-refractivity contribution in [2.45, 2.75) is 38.3 Å². The van der Waals surface area contributed by atoms with Crippen molar-refractivity contribution in [3.63, 3.8) is 0 Å². The molecule has 4 unspecified atom stereocenters. The van der Waals surface area contributed by atoms with E-state index in [9.17, 15) is 4.79 Å². The summed E-state index contributed by atoms with van der Waals surface area (Å²) in [6.45, 7) is 10.2. The van der Waals surface area contributed by atoms with Gasteiger partial charge in [0.05, 0.1) is 6.04 Å². The molecular weight excluding hydrogens is 302 g/mol. The minimum atomic E-state index is 0.0246. The van der Waals surface area contributed by atoms with E-state index in [0.29, 0.717) is 17.7 Å². The number of rotatable bonds is 3. The normalized spacial score (nSPS) is 36.7. The minimum absolute atomic E-state index is 0.0246. The molecule has 0 aromatic carbocycles. The molecule has 1 amide bonds. The lowest BCUT2D eigenvalue weighted by atomic mass is 9.76. The SMILES string of the molecule is CCN1CCC(C2CCC(C(=O)N3CCN(C)CC3)NC2)C(N)C1. The van der Waals surface area contributed by atoms with Crippen molar-refractivity contribution in [3.8, 4) is 0 Å². The van der Waals surface area contributed by atoms with Crippen LogP contribution in [-0.2, 0) is 4.79 Å². The van der Waals surface area contributed by atoms with Crippen molar-refractivity contribution in [3.05, 3.63) is 0 Å². The van der Waals surface area contributed by atoms with Crippen molar-refractivity contribution in [1.82, 2.24) is 20.0 Å². The van der Waals surface area contributed by atoms with E-state index in [4.69, 9.17) is 5.73 Å². The summed E-state index contributed by atoms with van der Waals surface area (Å²) in [5.74, 6) is 1.56. The first-order valence-electron chi connectivity index (χ1n) is 9.77. The topological polar surface area (TPSA) is 64.8 Å². The first kappa shape index (κ1) is 18.1.